The highest BCUT2D eigenvalue weighted by Gasteiger charge is 2.59. The second-order valence-corrected chi connectivity index (χ2v) is 11.1. The first-order valence-corrected chi connectivity index (χ1v) is 13.0. The van der Waals surface area contributed by atoms with Crippen LogP contribution in [-0.4, -0.2) is 19.0 Å². The van der Waals surface area contributed by atoms with Crippen molar-refractivity contribution in [1.29, 1.82) is 0 Å². The lowest BCUT2D eigenvalue weighted by atomic mass is 9.84. The molecule has 5 nitrogen and oxygen atoms in total. The van der Waals surface area contributed by atoms with E-state index in [1.165, 1.54) is 21.4 Å². The number of carbonyl (C=O) groups is 1. The summed E-state index contributed by atoms with van der Waals surface area (Å²) < 4.78 is 46.2. The first-order valence-electron chi connectivity index (χ1n) is 8.14. The standard InChI is InChI=1S/C17H9Cl2F3I4N4O/c18-10-4-9(5-11(19)6-10)16(17(20,21)22)7-13(27-28-16)8-1-2-12(23)14(3-8)29(25)30(26)15(24)31/h1-6,28H,7H2. The monoisotopic (exact) mass is 920 g/mol. The van der Waals surface area contributed by atoms with Crippen molar-refractivity contribution in [2.75, 3.05) is 3.22 Å². The molecule has 0 aliphatic carbocycles. The number of carbonyl (C=O) groups excluding carboxylic acids is 1. The number of hydrazine groups is 1. The van der Waals surface area contributed by atoms with E-state index in [0.717, 1.165) is 3.57 Å². The second-order valence-electron chi connectivity index (χ2n) is 6.35. The molecule has 1 heterocycles. The molecule has 1 amide bonds. The number of nitrogens with one attached hydrogen (secondary N) is 1. The molecule has 14 heteroatoms. The lowest BCUT2D eigenvalue weighted by Gasteiger charge is -2.32. The van der Waals surface area contributed by atoms with E-state index in [1.807, 2.05) is 45.7 Å². The Hall–Kier alpha value is 0.470. The Labute approximate surface area is 240 Å². The fraction of sp³-hybridized carbons (Fsp3) is 0.176. The molecule has 0 spiro atoms. The minimum absolute atomic E-state index is 0.101. The summed E-state index contributed by atoms with van der Waals surface area (Å²) in [5.41, 5.74) is 1.06. The average molecular weight is 921 g/mol. The summed E-state index contributed by atoms with van der Waals surface area (Å²) in [5, 5.41) is 4.23. The van der Waals surface area contributed by atoms with E-state index >= 15 is 0 Å². The Bertz CT molecular complexity index is 1050. The lowest BCUT2D eigenvalue weighted by molar-refractivity contribution is -0.196. The molecule has 0 saturated carbocycles. The maximum Gasteiger partial charge on any atom is 0.417 e. The number of anilines is 1. The SMILES string of the molecule is O=C(I)N(I)N(I)c1cc(C2=NNC(c3cc(Cl)cc(Cl)c3)(C(F)(F)F)C2)ccc1I. The van der Waals surface area contributed by atoms with Crippen LogP contribution < -0.4 is 8.65 Å². The van der Waals surface area contributed by atoms with Gasteiger partial charge in [0.05, 0.1) is 57.1 Å². The van der Waals surface area contributed by atoms with E-state index in [-0.39, 0.29) is 25.2 Å². The zero-order valence-corrected chi connectivity index (χ0v) is 25.0. The van der Waals surface area contributed by atoms with Gasteiger partial charge in [-0.25, -0.2) is 3.22 Å². The molecule has 1 N–H and O–H groups in total. The van der Waals surface area contributed by atoms with E-state index in [9.17, 15) is 18.0 Å². The Morgan fingerprint density at radius 3 is 2.29 bits per heavy atom. The number of nitrogens with zero attached hydrogens (tertiary/aromatic N) is 3. The third kappa shape index (κ3) is 5.43. The van der Waals surface area contributed by atoms with Gasteiger partial charge in [-0.15, -0.1) is 0 Å². The Morgan fingerprint density at radius 1 is 1.13 bits per heavy atom. The molecule has 1 aliphatic heterocycles. The maximum atomic E-state index is 14.2. The van der Waals surface area contributed by atoms with Crippen LogP contribution in [0.5, 0.6) is 0 Å². The summed E-state index contributed by atoms with van der Waals surface area (Å²) in [4.78, 5) is 11.7. The minimum Gasteiger partial charge on any atom is -0.290 e. The van der Waals surface area contributed by atoms with E-state index in [2.05, 4.69) is 33.1 Å². The first kappa shape index (κ1) is 26.1. The van der Waals surface area contributed by atoms with E-state index < -0.39 is 18.1 Å². The normalized spacial score (nSPS) is 18.4. The number of benzene rings is 2. The van der Waals surface area contributed by atoms with Crippen molar-refractivity contribution in [2.45, 2.75) is 18.1 Å². The van der Waals surface area contributed by atoms with Crippen LogP contribution in [0.4, 0.5) is 23.7 Å². The Kier molecular flexibility index (Phi) is 8.40. The third-order valence-electron chi connectivity index (χ3n) is 4.43. The van der Waals surface area contributed by atoms with Gasteiger partial charge in [0.25, 0.3) is 0 Å². The molecule has 166 valence electrons. The molecule has 0 aromatic heterocycles. The topological polar surface area (TPSA) is 47.9 Å². The van der Waals surface area contributed by atoms with Crippen LogP contribution in [0.25, 0.3) is 0 Å². The molecule has 0 radical (unpaired) electrons. The summed E-state index contributed by atoms with van der Waals surface area (Å²) in [7, 11) is 0. The van der Waals surface area contributed by atoms with Crippen LogP contribution in [0.3, 0.4) is 0 Å². The molecule has 2 aromatic carbocycles. The van der Waals surface area contributed by atoms with Gasteiger partial charge in [0, 0.05) is 48.2 Å². The van der Waals surface area contributed by atoms with Gasteiger partial charge < -0.3 is 0 Å². The van der Waals surface area contributed by atoms with Crippen LogP contribution in [0, 0.1) is 3.57 Å². The zero-order valence-electron chi connectivity index (χ0n) is 14.8. The number of hydrogen-bond donors (Lipinski definition) is 1. The summed E-state index contributed by atoms with van der Waals surface area (Å²) in [5.74, 6) is 0. The first-order chi connectivity index (χ1) is 14.4. The van der Waals surface area contributed by atoms with Gasteiger partial charge >= 0.3 is 10.1 Å². The van der Waals surface area contributed by atoms with Crippen molar-refractivity contribution in [3.63, 3.8) is 0 Å². The molecular weight excluding hydrogens is 912 g/mol. The predicted molar refractivity (Wildman–Crippen MR) is 149 cm³/mol. The largest absolute Gasteiger partial charge is 0.417 e. The molecule has 3 rings (SSSR count). The summed E-state index contributed by atoms with van der Waals surface area (Å²) in [6, 6.07) is 8.98. The van der Waals surface area contributed by atoms with E-state index in [0.29, 0.717) is 11.3 Å². The molecule has 1 atom stereocenters. The highest BCUT2D eigenvalue weighted by Crippen LogP contribution is 2.46. The molecular formula is C17H9Cl2F3I4N4O. The van der Waals surface area contributed by atoms with Gasteiger partial charge in [-0.3, -0.25) is 10.2 Å². The number of halogens is 9. The quantitative estimate of drug-likeness (QED) is 0.111. The number of alkyl halides is 3. The number of amides is 1. The van der Waals surface area contributed by atoms with Crippen molar-refractivity contribution in [3.8, 4) is 0 Å². The number of rotatable bonds is 4. The number of hydrogen-bond acceptors (Lipinski definition) is 4. The fourth-order valence-electron chi connectivity index (χ4n) is 2.95. The highest BCUT2D eigenvalue weighted by molar-refractivity contribution is 14.1. The molecule has 31 heavy (non-hydrogen) atoms. The smallest absolute Gasteiger partial charge is 0.290 e. The van der Waals surface area contributed by atoms with Crippen molar-refractivity contribution in [2.24, 2.45) is 5.10 Å². The van der Waals surface area contributed by atoms with E-state index in [1.54, 1.807) is 44.0 Å². The van der Waals surface area contributed by atoms with Crippen LogP contribution in [0.2, 0.25) is 10.0 Å². The molecule has 1 aliphatic rings. The highest BCUT2D eigenvalue weighted by atomic mass is 127. The van der Waals surface area contributed by atoms with Crippen molar-refractivity contribution >= 4 is 129 Å². The molecule has 0 saturated heterocycles. The average Bonchev–Trinajstić information content (AvgIpc) is 3.13. The lowest BCUT2D eigenvalue weighted by Crippen LogP contribution is -2.49. The Morgan fingerprint density at radius 2 is 1.74 bits per heavy atom. The van der Waals surface area contributed by atoms with Crippen molar-refractivity contribution in [3.05, 3.63) is 61.1 Å². The third-order valence-corrected chi connectivity index (χ3v) is 9.81. The van der Waals surface area contributed by atoms with Crippen LogP contribution >= 0.6 is 114 Å². The van der Waals surface area contributed by atoms with E-state index in [4.69, 9.17) is 23.2 Å². The minimum atomic E-state index is -4.67. The van der Waals surface area contributed by atoms with Gasteiger partial charge in [0.15, 0.2) is 5.54 Å². The van der Waals surface area contributed by atoms with Gasteiger partial charge in [-0.2, -0.15) is 21.5 Å². The Balaban J connectivity index is 2.01. The van der Waals surface area contributed by atoms with Crippen molar-refractivity contribution < 1.29 is 18.0 Å². The zero-order chi connectivity index (χ0) is 23.1. The summed E-state index contributed by atoms with van der Waals surface area (Å²) in [6.45, 7) is 0. The predicted octanol–water partition coefficient (Wildman–Crippen LogP) is 8.03. The summed E-state index contributed by atoms with van der Waals surface area (Å²) in [6.07, 6.45) is -5.12. The fourth-order valence-corrected chi connectivity index (χ4v) is 5.96. The van der Waals surface area contributed by atoms with Crippen LogP contribution in [0.15, 0.2) is 41.5 Å². The van der Waals surface area contributed by atoms with Crippen LogP contribution in [0.1, 0.15) is 17.5 Å². The van der Waals surface area contributed by atoms with Gasteiger partial charge in [-0.1, -0.05) is 29.3 Å². The van der Waals surface area contributed by atoms with Gasteiger partial charge in [0.1, 0.15) is 0 Å². The van der Waals surface area contributed by atoms with Gasteiger partial charge in [-0.05, 0) is 58.5 Å². The molecule has 0 fully saturated rings. The van der Waals surface area contributed by atoms with Crippen molar-refractivity contribution in [1.82, 2.24) is 8.65 Å². The van der Waals surface area contributed by atoms with Crippen LogP contribution in [-0.2, 0) is 5.54 Å². The summed E-state index contributed by atoms with van der Waals surface area (Å²) >= 11 is 19.5. The molecule has 2 aromatic rings. The molecule has 0 bridgehead atoms. The maximum absolute atomic E-state index is 14.2. The molecule has 1 unspecified atom stereocenters. The second kappa shape index (κ2) is 9.99. The van der Waals surface area contributed by atoms with Gasteiger partial charge in [0.2, 0.25) is 0 Å². The number of hydrazone groups is 1.